The van der Waals surface area contributed by atoms with Crippen LogP contribution in [0, 0.1) is 10.8 Å². The Morgan fingerprint density at radius 2 is 1.33 bits per heavy atom. The average molecular weight is 515 g/mol. The Kier molecular flexibility index (Phi) is 19.7. The van der Waals surface area contributed by atoms with E-state index in [0.717, 1.165) is 0 Å². The number of rotatable bonds is 2. The summed E-state index contributed by atoms with van der Waals surface area (Å²) in [4.78, 5) is 0. The van der Waals surface area contributed by atoms with Gasteiger partial charge in [-0.15, -0.1) is 24.8 Å². The maximum Gasteiger partial charge on any atom is 0.424 e. The molecular weight excluding hydrogens is 491 g/mol. The molecule has 0 aliphatic carbocycles. The second kappa shape index (κ2) is 14.1. The highest BCUT2D eigenvalue weighted by Crippen LogP contribution is 2.61. The number of hydrogen-bond acceptors (Lipinski definition) is 6. The molecule has 1 aliphatic rings. The summed E-state index contributed by atoms with van der Waals surface area (Å²) in [6.45, 7) is 5.21. The lowest BCUT2D eigenvalue weighted by atomic mass is 9.97. The Morgan fingerprint density at radius 1 is 1.08 bits per heavy atom. The number of halogens is 6. The van der Waals surface area contributed by atoms with Crippen LogP contribution in [0.25, 0.3) is 0 Å². The van der Waals surface area contributed by atoms with Crippen molar-refractivity contribution >= 4 is 81.9 Å². The van der Waals surface area contributed by atoms with Crippen molar-refractivity contribution in [3.05, 3.63) is 0 Å². The zero-order valence-electron chi connectivity index (χ0n) is 13.6. The van der Waals surface area contributed by atoms with Crippen LogP contribution in [0.4, 0.5) is 0 Å². The molecule has 1 rings (SSSR count). The van der Waals surface area contributed by atoms with Crippen molar-refractivity contribution in [3.63, 3.8) is 0 Å². The Labute approximate surface area is 174 Å². The second-order valence-electron chi connectivity index (χ2n) is 6.02. The zero-order chi connectivity index (χ0) is 18.2. The van der Waals surface area contributed by atoms with Crippen LogP contribution >= 0.6 is 81.9 Å². The average Bonchev–Trinajstić information content (AvgIpc) is 2.33. The molecule has 1 heterocycles. The quantitative estimate of drug-likeness (QED) is 0.435. The molecular formula is C10H24Cl6O6P2. The van der Waals surface area contributed by atoms with Crippen LogP contribution < -0.4 is 0 Å². The highest BCUT2D eigenvalue weighted by Gasteiger charge is 2.34. The molecule has 0 atom stereocenters. The van der Waals surface area contributed by atoms with E-state index in [1.807, 2.05) is 13.8 Å². The van der Waals surface area contributed by atoms with Gasteiger partial charge in [0.05, 0.1) is 26.4 Å². The van der Waals surface area contributed by atoms with Gasteiger partial charge < -0.3 is 10.2 Å². The van der Waals surface area contributed by atoms with E-state index in [2.05, 4.69) is 33.7 Å². The minimum absolute atomic E-state index is 0. The third kappa shape index (κ3) is 26.3. The molecule has 2 N–H and O–H groups in total. The predicted molar refractivity (Wildman–Crippen MR) is 107 cm³/mol. The Morgan fingerprint density at radius 3 is 1.46 bits per heavy atom. The molecule has 152 valence electrons. The summed E-state index contributed by atoms with van der Waals surface area (Å²) in [6, 6.07) is 0. The maximum atomic E-state index is 10.8. The van der Waals surface area contributed by atoms with Gasteiger partial charge in [0.15, 0.2) is 0 Å². The van der Waals surface area contributed by atoms with Crippen molar-refractivity contribution in [3.8, 4) is 0 Å². The smallest absolute Gasteiger partial charge is 0.396 e. The van der Waals surface area contributed by atoms with E-state index in [0.29, 0.717) is 13.2 Å². The molecule has 0 radical (unpaired) electrons. The number of hydrogen-bond donors (Lipinski definition) is 2. The van der Waals surface area contributed by atoms with E-state index >= 15 is 0 Å². The first-order valence-corrected chi connectivity index (χ1v) is 12.9. The molecule has 0 spiro atoms. The van der Waals surface area contributed by atoms with Gasteiger partial charge in [0.25, 0.3) is 0 Å². The van der Waals surface area contributed by atoms with Crippen LogP contribution in [0.3, 0.4) is 0 Å². The molecule has 0 unspecified atom stereocenters. The largest absolute Gasteiger partial charge is 0.424 e. The summed E-state index contributed by atoms with van der Waals surface area (Å²) in [5.41, 5.74) is -0.372. The highest BCUT2D eigenvalue weighted by atomic mass is 36.0. The van der Waals surface area contributed by atoms with Gasteiger partial charge in [-0.25, -0.2) is 4.57 Å². The molecule has 24 heavy (non-hydrogen) atoms. The van der Waals surface area contributed by atoms with E-state index < -0.39 is 12.1 Å². The molecule has 0 aromatic carbocycles. The lowest BCUT2D eigenvalue weighted by Crippen LogP contribution is -2.28. The normalized spacial score (nSPS) is 18.4. The van der Waals surface area contributed by atoms with Crippen LogP contribution in [0.15, 0.2) is 0 Å². The van der Waals surface area contributed by atoms with Gasteiger partial charge in [-0.05, 0) is 33.7 Å². The zero-order valence-corrected chi connectivity index (χ0v) is 20.0. The van der Waals surface area contributed by atoms with Crippen molar-refractivity contribution in [2.24, 2.45) is 10.8 Å². The molecule has 14 heteroatoms. The number of aliphatic hydroxyl groups is 2. The molecule has 0 saturated carbocycles. The molecule has 1 aliphatic heterocycles. The minimum atomic E-state index is -3.22. The molecule has 0 bridgehead atoms. The molecule has 0 aromatic heterocycles. The van der Waals surface area contributed by atoms with Gasteiger partial charge in [0.1, 0.15) is 0 Å². The molecule has 1 fully saturated rings. The van der Waals surface area contributed by atoms with Crippen molar-refractivity contribution in [1.29, 1.82) is 0 Å². The summed E-state index contributed by atoms with van der Waals surface area (Å²) >= 11 is 19.2. The SMILES string of the molecule is CC(C)(CO)CO.CC1(C)COP(=O)(Cl)OC1.Cl.Cl.O=P(Cl)(Cl)Cl. The first kappa shape index (κ1) is 33.6. The standard InChI is InChI=1S/C5H10ClO3P.C5H12O2.Cl3OP.2ClH/c1-5(2)3-8-10(6,7)9-4-5;1-5(2,3-6)4-7;1-5(2,3)4;;/h3-4H2,1-2H3;6-7H,3-4H2,1-2H3;;2*1H. The molecule has 0 aromatic rings. The molecule has 0 amide bonds. The Bertz CT molecular complexity index is 388. The van der Waals surface area contributed by atoms with Gasteiger partial charge in [-0.1, -0.05) is 27.7 Å². The van der Waals surface area contributed by atoms with Crippen LogP contribution in [0.2, 0.25) is 0 Å². The van der Waals surface area contributed by atoms with E-state index in [4.69, 9.17) is 30.5 Å². The van der Waals surface area contributed by atoms with Gasteiger partial charge in [0, 0.05) is 22.1 Å². The van der Waals surface area contributed by atoms with Crippen LogP contribution in [0.5, 0.6) is 0 Å². The van der Waals surface area contributed by atoms with Gasteiger partial charge in [-0.3, -0.25) is 13.6 Å². The van der Waals surface area contributed by atoms with Crippen molar-refractivity contribution in [1.82, 2.24) is 0 Å². The van der Waals surface area contributed by atoms with E-state index in [1.165, 1.54) is 0 Å². The summed E-state index contributed by atoms with van der Waals surface area (Å²) in [5.74, 6) is 0. The van der Waals surface area contributed by atoms with E-state index in [9.17, 15) is 9.13 Å². The predicted octanol–water partition coefficient (Wildman–Crippen LogP) is 6.06. The fraction of sp³-hybridized carbons (Fsp3) is 1.00. The number of aliphatic hydroxyl groups excluding tert-OH is 2. The first-order chi connectivity index (χ1) is 9.54. The van der Waals surface area contributed by atoms with E-state index in [1.54, 1.807) is 13.8 Å². The van der Waals surface area contributed by atoms with Crippen molar-refractivity contribution in [2.45, 2.75) is 27.7 Å². The van der Waals surface area contributed by atoms with Crippen molar-refractivity contribution < 1.29 is 28.4 Å². The monoisotopic (exact) mass is 512 g/mol. The van der Waals surface area contributed by atoms with Crippen LogP contribution in [-0.2, 0) is 18.2 Å². The third-order valence-electron chi connectivity index (χ3n) is 2.08. The van der Waals surface area contributed by atoms with Gasteiger partial charge in [0.2, 0.25) is 0 Å². The second-order valence-corrected chi connectivity index (χ2v) is 15.3. The fourth-order valence-electron chi connectivity index (χ4n) is 0.633. The lowest BCUT2D eigenvalue weighted by Gasteiger charge is -2.30. The van der Waals surface area contributed by atoms with Crippen LogP contribution in [0.1, 0.15) is 27.7 Å². The molecule has 1 saturated heterocycles. The van der Waals surface area contributed by atoms with E-state index in [-0.39, 0.29) is 48.9 Å². The minimum Gasteiger partial charge on any atom is -0.396 e. The fourth-order valence-corrected chi connectivity index (χ4v) is 2.01. The summed E-state index contributed by atoms with van der Waals surface area (Å²) in [5, 5.41) is 13.6. The Hall–Kier alpha value is 2.04. The third-order valence-corrected chi connectivity index (χ3v) is 3.54. The summed E-state index contributed by atoms with van der Waals surface area (Å²) in [6.07, 6.45) is 0. The summed E-state index contributed by atoms with van der Waals surface area (Å²) in [7, 11) is 0. The first-order valence-electron chi connectivity index (χ1n) is 6.03. The summed E-state index contributed by atoms with van der Waals surface area (Å²) < 4.78 is 29.9. The topological polar surface area (TPSA) is 93.1 Å². The highest BCUT2D eigenvalue weighted by molar-refractivity contribution is 8.24. The Balaban J connectivity index is -0.000000128. The van der Waals surface area contributed by atoms with Gasteiger partial charge >= 0.3 is 12.1 Å². The van der Waals surface area contributed by atoms with Crippen molar-refractivity contribution in [2.75, 3.05) is 26.4 Å². The van der Waals surface area contributed by atoms with Gasteiger partial charge in [-0.2, -0.15) is 0 Å². The van der Waals surface area contributed by atoms with Crippen LogP contribution in [-0.4, -0.2) is 36.6 Å². The lowest BCUT2D eigenvalue weighted by molar-refractivity contribution is 0.0492. The molecule has 6 nitrogen and oxygen atoms in total. The maximum absolute atomic E-state index is 10.8.